The molecule has 1 aliphatic rings. The number of hydrogen-bond donors (Lipinski definition) is 1. The van der Waals surface area contributed by atoms with Crippen LogP contribution in [0, 0.1) is 0 Å². The zero-order valence-electron chi connectivity index (χ0n) is 24.2. The molecule has 0 aromatic heterocycles. The zero-order valence-corrected chi connectivity index (χ0v) is 25.8. The van der Waals surface area contributed by atoms with Gasteiger partial charge in [-0.1, -0.05) is 54.8 Å². The molecule has 1 saturated carbocycles. The Bertz CT molecular complexity index is 1580. The van der Waals surface area contributed by atoms with Gasteiger partial charge in [0.05, 0.1) is 28.3 Å². The molecule has 13 heteroatoms. The summed E-state index contributed by atoms with van der Waals surface area (Å²) >= 11 is 6.29. The summed E-state index contributed by atoms with van der Waals surface area (Å²) in [4.78, 5) is 28.4. The standard InChI is InChI=1S/C31H33ClF3N3O5S/c1-21(30(40)36-24-10-6-7-11-24)37(19-22-9-8-12-25(17-22)43-2)29(39)20-38(44(41,42)26-13-4-3-5-14-26)28-18-23(31(33,34)35)15-16-27(28)32/h3-5,8-9,12-18,21,24H,6-7,10-11,19-20H2,1-2H3,(H,36,40)/t21-/m0/s1. The summed E-state index contributed by atoms with van der Waals surface area (Å²) in [5, 5.41) is 2.65. The smallest absolute Gasteiger partial charge is 0.416 e. The highest BCUT2D eigenvalue weighted by Crippen LogP contribution is 2.37. The molecular weight excluding hydrogens is 619 g/mol. The van der Waals surface area contributed by atoms with Crippen molar-refractivity contribution in [2.24, 2.45) is 0 Å². The third kappa shape index (κ3) is 7.84. The number of ether oxygens (including phenoxy) is 1. The highest BCUT2D eigenvalue weighted by Gasteiger charge is 2.36. The molecule has 0 spiro atoms. The van der Waals surface area contributed by atoms with Crippen LogP contribution < -0.4 is 14.4 Å². The van der Waals surface area contributed by atoms with E-state index >= 15 is 0 Å². The fourth-order valence-electron chi connectivity index (χ4n) is 5.06. The van der Waals surface area contributed by atoms with E-state index in [9.17, 15) is 31.2 Å². The number of nitrogens with one attached hydrogen (secondary N) is 1. The van der Waals surface area contributed by atoms with Gasteiger partial charge in [0.15, 0.2) is 0 Å². The fraction of sp³-hybridized carbons (Fsp3) is 0.355. The Labute approximate surface area is 259 Å². The summed E-state index contributed by atoms with van der Waals surface area (Å²) in [5.74, 6) is -0.750. The molecule has 0 unspecified atom stereocenters. The molecule has 4 rings (SSSR count). The first-order chi connectivity index (χ1) is 20.8. The van der Waals surface area contributed by atoms with E-state index in [1.54, 1.807) is 30.3 Å². The van der Waals surface area contributed by atoms with Crippen molar-refractivity contribution in [3.8, 4) is 5.75 Å². The summed E-state index contributed by atoms with van der Waals surface area (Å²) in [6.07, 6.45) is -1.26. The number of amides is 2. The van der Waals surface area contributed by atoms with E-state index in [4.69, 9.17) is 16.3 Å². The van der Waals surface area contributed by atoms with E-state index in [0.717, 1.165) is 37.8 Å². The van der Waals surface area contributed by atoms with Crippen molar-refractivity contribution in [1.82, 2.24) is 10.2 Å². The number of anilines is 1. The molecule has 1 atom stereocenters. The molecule has 0 bridgehead atoms. The maximum absolute atomic E-state index is 14.1. The minimum atomic E-state index is -4.81. The lowest BCUT2D eigenvalue weighted by Gasteiger charge is -2.33. The van der Waals surface area contributed by atoms with Crippen LogP contribution in [0.5, 0.6) is 5.75 Å². The number of sulfonamides is 1. The van der Waals surface area contributed by atoms with E-state index < -0.39 is 51.9 Å². The lowest BCUT2D eigenvalue weighted by molar-refractivity contribution is -0.139. The van der Waals surface area contributed by atoms with Crippen LogP contribution in [-0.2, 0) is 32.3 Å². The topological polar surface area (TPSA) is 96.0 Å². The quantitative estimate of drug-likeness (QED) is 0.273. The highest BCUT2D eigenvalue weighted by molar-refractivity contribution is 7.92. The Morgan fingerprint density at radius 3 is 2.34 bits per heavy atom. The van der Waals surface area contributed by atoms with Gasteiger partial charge in [0.25, 0.3) is 10.0 Å². The number of methoxy groups -OCH3 is 1. The molecule has 0 saturated heterocycles. The predicted octanol–water partition coefficient (Wildman–Crippen LogP) is 6.04. The fourth-order valence-corrected chi connectivity index (χ4v) is 6.77. The molecular formula is C31H33ClF3N3O5S. The second-order valence-corrected chi connectivity index (χ2v) is 12.8. The summed E-state index contributed by atoms with van der Waals surface area (Å²) in [6, 6.07) is 15.0. The first-order valence-electron chi connectivity index (χ1n) is 14.0. The van der Waals surface area contributed by atoms with Crippen molar-refractivity contribution in [3.05, 3.63) is 88.9 Å². The van der Waals surface area contributed by atoms with Crippen molar-refractivity contribution in [2.75, 3.05) is 18.0 Å². The molecule has 1 fully saturated rings. The average Bonchev–Trinajstić information content (AvgIpc) is 3.51. The van der Waals surface area contributed by atoms with Crippen LogP contribution >= 0.6 is 11.6 Å². The molecule has 0 radical (unpaired) electrons. The van der Waals surface area contributed by atoms with E-state index in [-0.39, 0.29) is 22.5 Å². The van der Waals surface area contributed by atoms with Crippen LogP contribution in [0.1, 0.15) is 43.7 Å². The van der Waals surface area contributed by atoms with Crippen LogP contribution in [0.3, 0.4) is 0 Å². The molecule has 3 aromatic carbocycles. The third-order valence-electron chi connectivity index (χ3n) is 7.51. The second-order valence-electron chi connectivity index (χ2n) is 10.5. The minimum absolute atomic E-state index is 0.0439. The van der Waals surface area contributed by atoms with Crippen LogP contribution in [0.15, 0.2) is 77.7 Å². The van der Waals surface area contributed by atoms with E-state index in [2.05, 4.69) is 5.32 Å². The van der Waals surface area contributed by atoms with Gasteiger partial charge >= 0.3 is 6.18 Å². The largest absolute Gasteiger partial charge is 0.497 e. The summed E-state index contributed by atoms with van der Waals surface area (Å²) in [6.45, 7) is 0.490. The Hall–Kier alpha value is -3.77. The zero-order chi connectivity index (χ0) is 32.1. The molecule has 236 valence electrons. The lowest BCUT2D eigenvalue weighted by Crippen LogP contribution is -2.52. The van der Waals surface area contributed by atoms with E-state index in [0.29, 0.717) is 21.7 Å². The third-order valence-corrected chi connectivity index (χ3v) is 9.60. The number of halogens is 4. The van der Waals surface area contributed by atoms with Gasteiger partial charge in [0.2, 0.25) is 11.8 Å². The first kappa shape index (κ1) is 33.1. The number of rotatable bonds is 11. The summed E-state index contributed by atoms with van der Waals surface area (Å²) in [5.41, 5.74) is -1.08. The molecule has 3 aromatic rings. The second kappa shape index (κ2) is 13.9. The van der Waals surface area contributed by atoms with Crippen LogP contribution in [0.25, 0.3) is 0 Å². The van der Waals surface area contributed by atoms with E-state index in [1.807, 2.05) is 0 Å². The van der Waals surface area contributed by atoms with Crippen molar-refractivity contribution in [3.63, 3.8) is 0 Å². The predicted molar refractivity (Wildman–Crippen MR) is 161 cm³/mol. The highest BCUT2D eigenvalue weighted by atomic mass is 35.5. The molecule has 1 N–H and O–H groups in total. The van der Waals surface area contributed by atoms with E-state index in [1.165, 1.54) is 43.2 Å². The Balaban J connectivity index is 1.76. The van der Waals surface area contributed by atoms with Gasteiger partial charge in [-0.15, -0.1) is 0 Å². The number of alkyl halides is 3. The van der Waals surface area contributed by atoms with Gasteiger partial charge in [0.1, 0.15) is 18.3 Å². The number of benzene rings is 3. The summed E-state index contributed by atoms with van der Waals surface area (Å²) in [7, 11) is -3.13. The lowest BCUT2D eigenvalue weighted by atomic mass is 10.1. The van der Waals surface area contributed by atoms with Gasteiger partial charge in [0, 0.05) is 12.6 Å². The van der Waals surface area contributed by atoms with Crippen molar-refractivity contribution in [1.29, 1.82) is 0 Å². The number of hydrogen-bond acceptors (Lipinski definition) is 5. The maximum atomic E-state index is 14.1. The average molecular weight is 652 g/mol. The van der Waals surface area contributed by atoms with Crippen molar-refractivity contribution >= 4 is 39.1 Å². The number of carbonyl (C=O) groups excluding carboxylic acids is 2. The number of nitrogens with zero attached hydrogens (tertiary/aromatic N) is 2. The van der Waals surface area contributed by atoms with Gasteiger partial charge in [-0.25, -0.2) is 8.42 Å². The molecule has 44 heavy (non-hydrogen) atoms. The summed E-state index contributed by atoms with van der Waals surface area (Å²) < 4.78 is 74.7. The van der Waals surface area contributed by atoms with Crippen molar-refractivity contribution in [2.45, 2.75) is 62.3 Å². The Morgan fingerprint density at radius 2 is 1.70 bits per heavy atom. The Morgan fingerprint density at radius 1 is 1.02 bits per heavy atom. The normalized spacial score (nSPS) is 14.6. The molecule has 2 amide bonds. The van der Waals surface area contributed by atoms with Gasteiger partial charge < -0.3 is 15.0 Å². The Kier molecular flexibility index (Phi) is 10.5. The first-order valence-corrected chi connectivity index (χ1v) is 15.8. The van der Waals surface area contributed by atoms with Gasteiger partial charge in [-0.2, -0.15) is 13.2 Å². The van der Waals surface area contributed by atoms with Gasteiger partial charge in [-0.05, 0) is 67.8 Å². The number of carbonyl (C=O) groups is 2. The van der Waals surface area contributed by atoms with Crippen LogP contribution in [0.4, 0.5) is 18.9 Å². The SMILES string of the molecule is COc1cccc(CN(C(=O)CN(c2cc(C(F)(F)F)ccc2Cl)S(=O)(=O)c2ccccc2)[C@@H](C)C(=O)NC2CCCC2)c1. The van der Waals surface area contributed by atoms with Gasteiger partial charge in [-0.3, -0.25) is 13.9 Å². The van der Waals surface area contributed by atoms with Crippen molar-refractivity contribution < 1.29 is 35.9 Å². The molecule has 1 aliphatic carbocycles. The maximum Gasteiger partial charge on any atom is 0.416 e. The van der Waals surface area contributed by atoms with Crippen LogP contribution in [-0.4, -0.2) is 50.9 Å². The minimum Gasteiger partial charge on any atom is -0.497 e. The van der Waals surface area contributed by atoms with Crippen LogP contribution in [0.2, 0.25) is 5.02 Å². The molecule has 0 heterocycles. The monoisotopic (exact) mass is 651 g/mol. The molecule has 0 aliphatic heterocycles. The molecule has 8 nitrogen and oxygen atoms in total.